The van der Waals surface area contributed by atoms with Crippen molar-refractivity contribution < 1.29 is 14.8 Å². The zero-order valence-electron chi connectivity index (χ0n) is 7.84. The summed E-state index contributed by atoms with van der Waals surface area (Å²) >= 11 is 0. The zero-order valence-corrected chi connectivity index (χ0v) is 7.84. The van der Waals surface area contributed by atoms with Crippen molar-refractivity contribution in [2.45, 2.75) is 12.9 Å². The molecule has 0 aliphatic rings. The van der Waals surface area contributed by atoms with Crippen LogP contribution in [-0.4, -0.2) is 23.1 Å². The summed E-state index contributed by atoms with van der Waals surface area (Å²) in [6, 6.07) is 8.80. The van der Waals surface area contributed by atoms with Crippen LogP contribution in [0.2, 0.25) is 0 Å². The van der Waals surface area contributed by atoms with E-state index in [1.54, 1.807) is 24.3 Å². The van der Waals surface area contributed by atoms with Gasteiger partial charge < -0.3 is 15.4 Å². The smallest absolute Gasteiger partial charge is 0.426 e. The fourth-order valence-corrected chi connectivity index (χ4v) is 1.21. The SMILES string of the molecule is CC(=O)NC(B(O)O)c1ccccc1. The molecule has 0 aliphatic carbocycles. The van der Waals surface area contributed by atoms with Gasteiger partial charge in [0.25, 0.3) is 0 Å². The maximum Gasteiger partial charge on any atom is 0.480 e. The molecule has 0 saturated carbocycles. The molecule has 1 rings (SSSR count). The van der Waals surface area contributed by atoms with Gasteiger partial charge in [-0.1, -0.05) is 30.3 Å². The Bertz CT molecular complexity index is 302. The van der Waals surface area contributed by atoms with Gasteiger partial charge >= 0.3 is 7.12 Å². The Morgan fingerprint density at radius 2 is 1.93 bits per heavy atom. The van der Waals surface area contributed by atoms with Crippen molar-refractivity contribution in [1.29, 1.82) is 0 Å². The third-order valence-corrected chi connectivity index (χ3v) is 1.82. The molecule has 0 aliphatic heterocycles. The van der Waals surface area contributed by atoms with Gasteiger partial charge in [-0.25, -0.2) is 0 Å². The van der Waals surface area contributed by atoms with E-state index in [2.05, 4.69) is 5.32 Å². The fraction of sp³-hybridized carbons (Fsp3) is 0.222. The van der Waals surface area contributed by atoms with Crippen LogP contribution in [0.4, 0.5) is 0 Å². The zero-order chi connectivity index (χ0) is 10.6. The molecule has 0 saturated heterocycles. The second-order valence-corrected chi connectivity index (χ2v) is 3.00. The van der Waals surface area contributed by atoms with Gasteiger partial charge in [0, 0.05) is 6.92 Å². The van der Waals surface area contributed by atoms with E-state index in [4.69, 9.17) is 10.0 Å². The number of nitrogens with one attached hydrogen (secondary N) is 1. The Balaban J connectivity index is 2.83. The molecule has 1 aromatic carbocycles. The number of benzene rings is 1. The molecule has 1 unspecified atom stereocenters. The van der Waals surface area contributed by atoms with Crippen molar-refractivity contribution in [3.8, 4) is 0 Å². The van der Waals surface area contributed by atoms with Crippen LogP contribution < -0.4 is 5.32 Å². The number of rotatable bonds is 3. The van der Waals surface area contributed by atoms with Crippen LogP contribution in [0.1, 0.15) is 18.4 Å². The van der Waals surface area contributed by atoms with Crippen LogP contribution in [0.25, 0.3) is 0 Å². The van der Waals surface area contributed by atoms with Gasteiger partial charge in [-0.15, -0.1) is 0 Å². The Hall–Kier alpha value is -1.33. The van der Waals surface area contributed by atoms with Gasteiger partial charge in [0.2, 0.25) is 5.91 Å². The van der Waals surface area contributed by atoms with Crippen molar-refractivity contribution >= 4 is 13.0 Å². The third kappa shape index (κ3) is 2.87. The van der Waals surface area contributed by atoms with E-state index in [-0.39, 0.29) is 5.91 Å². The number of hydrogen-bond acceptors (Lipinski definition) is 3. The highest BCUT2D eigenvalue weighted by Crippen LogP contribution is 2.12. The number of carbonyl (C=O) groups excluding carboxylic acids is 1. The lowest BCUT2D eigenvalue weighted by Crippen LogP contribution is -2.38. The maximum absolute atomic E-state index is 10.8. The molecule has 14 heavy (non-hydrogen) atoms. The monoisotopic (exact) mass is 193 g/mol. The van der Waals surface area contributed by atoms with Gasteiger partial charge in [-0.2, -0.15) is 0 Å². The summed E-state index contributed by atoms with van der Waals surface area (Å²) in [4.78, 5) is 10.8. The minimum Gasteiger partial charge on any atom is -0.426 e. The first kappa shape index (κ1) is 10.8. The molecule has 0 radical (unpaired) electrons. The molecule has 1 aromatic rings. The lowest BCUT2D eigenvalue weighted by Gasteiger charge is -2.16. The molecular formula is C9H12BNO3. The highest BCUT2D eigenvalue weighted by atomic mass is 16.4. The standard InChI is InChI=1S/C9H12BNO3/c1-7(12)11-9(10(13)14)8-5-3-2-4-6-8/h2-6,9,13-14H,1H3,(H,11,12). The molecule has 5 heteroatoms. The first-order chi connectivity index (χ1) is 6.61. The van der Waals surface area contributed by atoms with Crippen molar-refractivity contribution in [1.82, 2.24) is 5.32 Å². The summed E-state index contributed by atoms with van der Waals surface area (Å²) in [7, 11) is -1.60. The van der Waals surface area contributed by atoms with E-state index in [1.165, 1.54) is 6.92 Å². The molecule has 0 aromatic heterocycles. The van der Waals surface area contributed by atoms with E-state index in [1.807, 2.05) is 6.07 Å². The van der Waals surface area contributed by atoms with Crippen molar-refractivity contribution in [3.05, 3.63) is 35.9 Å². The van der Waals surface area contributed by atoms with Gasteiger partial charge in [-0.3, -0.25) is 4.79 Å². The second-order valence-electron chi connectivity index (χ2n) is 3.00. The molecular weight excluding hydrogens is 181 g/mol. The lowest BCUT2D eigenvalue weighted by atomic mass is 9.75. The van der Waals surface area contributed by atoms with Gasteiger partial charge in [0.15, 0.2) is 0 Å². The second kappa shape index (κ2) is 4.78. The van der Waals surface area contributed by atoms with E-state index in [0.29, 0.717) is 5.56 Å². The van der Waals surface area contributed by atoms with Gasteiger partial charge in [0.1, 0.15) is 0 Å². The average Bonchev–Trinajstić information content (AvgIpc) is 2.15. The molecule has 0 heterocycles. The normalized spacial score (nSPS) is 11.9. The molecule has 74 valence electrons. The summed E-state index contributed by atoms with van der Waals surface area (Å²) in [5.74, 6) is -1.07. The number of amides is 1. The van der Waals surface area contributed by atoms with Gasteiger partial charge in [0.05, 0.1) is 5.94 Å². The van der Waals surface area contributed by atoms with Gasteiger partial charge in [-0.05, 0) is 5.56 Å². The van der Waals surface area contributed by atoms with E-state index in [0.717, 1.165) is 0 Å². The molecule has 1 atom stereocenters. The maximum atomic E-state index is 10.8. The Morgan fingerprint density at radius 1 is 1.36 bits per heavy atom. The highest BCUT2D eigenvalue weighted by Gasteiger charge is 2.25. The predicted molar refractivity (Wildman–Crippen MR) is 53.2 cm³/mol. The van der Waals surface area contributed by atoms with Crippen molar-refractivity contribution in [2.75, 3.05) is 0 Å². The Kier molecular flexibility index (Phi) is 3.68. The molecule has 1 amide bonds. The van der Waals surface area contributed by atoms with Crippen LogP contribution in [0.5, 0.6) is 0 Å². The molecule has 3 N–H and O–H groups in total. The van der Waals surface area contributed by atoms with E-state index >= 15 is 0 Å². The first-order valence-electron chi connectivity index (χ1n) is 4.29. The Morgan fingerprint density at radius 3 is 2.36 bits per heavy atom. The summed E-state index contributed by atoms with van der Waals surface area (Å²) in [5.41, 5.74) is 0.665. The highest BCUT2D eigenvalue weighted by molar-refractivity contribution is 6.43. The predicted octanol–water partition coefficient (Wildman–Crippen LogP) is -0.124. The first-order valence-corrected chi connectivity index (χ1v) is 4.29. The molecule has 0 fully saturated rings. The van der Waals surface area contributed by atoms with Crippen molar-refractivity contribution in [3.63, 3.8) is 0 Å². The fourth-order valence-electron chi connectivity index (χ4n) is 1.21. The van der Waals surface area contributed by atoms with Crippen LogP contribution in [0.3, 0.4) is 0 Å². The number of hydrogen-bond donors (Lipinski definition) is 3. The topological polar surface area (TPSA) is 69.6 Å². The largest absolute Gasteiger partial charge is 0.480 e. The third-order valence-electron chi connectivity index (χ3n) is 1.82. The Labute approximate surface area is 82.7 Å². The van der Waals surface area contributed by atoms with Crippen LogP contribution in [-0.2, 0) is 4.79 Å². The summed E-state index contributed by atoms with van der Waals surface area (Å²) < 4.78 is 0. The van der Waals surface area contributed by atoms with E-state index < -0.39 is 13.1 Å². The molecule has 4 nitrogen and oxygen atoms in total. The summed E-state index contributed by atoms with van der Waals surface area (Å²) in [6.07, 6.45) is 0. The average molecular weight is 193 g/mol. The quantitative estimate of drug-likeness (QED) is 0.586. The lowest BCUT2D eigenvalue weighted by molar-refractivity contribution is -0.119. The summed E-state index contributed by atoms with van der Waals surface area (Å²) in [5, 5.41) is 20.6. The summed E-state index contributed by atoms with van der Waals surface area (Å²) in [6.45, 7) is 1.33. The minimum atomic E-state index is -1.60. The van der Waals surface area contributed by atoms with E-state index in [9.17, 15) is 4.79 Å². The van der Waals surface area contributed by atoms with Crippen molar-refractivity contribution in [2.24, 2.45) is 0 Å². The molecule has 0 spiro atoms. The minimum absolute atomic E-state index is 0.299. The van der Waals surface area contributed by atoms with Crippen LogP contribution >= 0.6 is 0 Å². The van der Waals surface area contributed by atoms with Crippen LogP contribution in [0.15, 0.2) is 30.3 Å². The van der Waals surface area contributed by atoms with Crippen LogP contribution in [0, 0.1) is 0 Å². The molecule has 0 bridgehead atoms. The number of carbonyl (C=O) groups is 1.